The molecule has 0 saturated carbocycles. The fourth-order valence-electron chi connectivity index (χ4n) is 2.78. The van der Waals surface area contributed by atoms with Crippen molar-refractivity contribution in [1.82, 2.24) is 9.47 Å². The van der Waals surface area contributed by atoms with Crippen molar-refractivity contribution in [2.75, 3.05) is 26.3 Å². The smallest absolute Gasteiger partial charge is 0.256 e. The molecule has 0 N–H and O–H groups in total. The molecule has 100 valence electrons. The number of hydrogen-bond acceptors (Lipinski definition) is 2. The van der Waals surface area contributed by atoms with Gasteiger partial charge in [0.05, 0.1) is 24.3 Å². The van der Waals surface area contributed by atoms with Crippen molar-refractivity contribution in [2.24, 2.45) is 7.05 Å². The molecule has 19 heavy (non-hydrogen) atoms. The Morgan fingerprint density at radius 3 is 2.74 bits per heavy atom. The number of amides is 1. The summed E-state index contributed by atoms with van der Waals surface area (Å²) < 4.78 is 7.34. The third-order valence-electron chi connectivity index (χ3n) is 3.73. The highest BCUT2D eigenvalue weighted by Crippen LogP contribution is 2.25. The molecule has 1 aromatic carbocycles. The van der Waals surface area contributed by atoms with Gasteiger partial charge in [-0.1, -0.05) is 18.2 Å². The molecule has 4 heteroatoms. The van der Waals surface area contributed by atoms with Crippen molar-refractivity contribution in [3.63, 3.8) is 0 Å². The molecule has 0 bridgehead atoms. The highest BCUT2D eigenvalue weighted by Gasteiger charge is 2.22. The van der Waals surface area contributed by atoms with E-state index in [1.165, 1.54) is 5.56 Å². The van der Waals surface area contributed by atoms with Gasteiger partial charge in [-0.05, 0) is 12.5 Å². The van der Waals surface area contributed by atoms with E-state index in [0.717, 1.165) is 16.5 Å². The van der Waals surface area contributed by atoms with Crippen LogP contribution in [0.15, 0.2) is 24.4 Å². The normalized spacial score (nSPS) is 16.0. The zero-order valence-corrected chi connectivity index (χ0v) is 11.3. The van der Waals surface area contributed by atoms with Crippen molar-refractivity contribution in [3.8, 4) is 0 Å². The first kappa shape index (κ1) is 12.2. The van der Waals surface area contributed by atoms with Crippen LogP contribution in [0.1, 0.15) is 15.9 Å². The zero-order valence-electron chi connectivity index (χ0n) is 11.3. The molecule has 4 nitrogen and oxygen atoms in total. The lowest BCUT2D eigenvalue weighted by molar-refractivity contribution is 0.0304. The minimum atomic E-state index is 0.111. The molecule has 1 amide bonds. The van der Waals surface area contributed by atoms with E-state index < -0.39 is 0 Å². The van der Waals surface area contributed by atoms with Crippen LogP contribution in [0.25, 0.3) is 10.9 Å². The second kappa shape index (κ2) is 4.70. The van der Waals surface area contributed by atoms with E-state index in [9.17, 15) is 4.79 Å². The van der Waals surface area contributed by atoms with E-state index >= 15 is 0 Å². The summed E-state index contributed by atoms with van der Waals surface area (Å²) in [7, 11) is 1.99. The average molecular weight is 258 g/mol. The second-order valence-electron chi connectivity index (χ2n) is 5.03. The first-order chi connectivity index (χ1) is 9.18. The number of aryl methyl sites for hydroxylation is 2. The second-order valence-corrected chi connectivity index (χ2v) is 5.03. The number of para-hydroxylation sites is 1. The van der Waals surface area contributed by atoms with Crippen molar-refractivity contribution < 1.29 is 9.53 Å². The Morgan fingerprint density at radius 2 is 2.00 bits per heavy atom. The van der Waals surface area contributed by atoms with Crippen LogP contribution < -0.4 is 0 Å². The van der Waals surface area contributed by atoms with E-state index in [1.54, 1.807) is 0 Å². The summed E-state index contributed by atoms with van der Waals surface area (Å²) in [6.45, 7) is 4.71. The maximum Gasteiger partial charge on any atom is 0.256 e. The highest BCUT2D eigenvalue weighted by molar-refractivity contribution is 6.07. The summed E-state index contributed by atoms with van der Waals surface area (Å²) in [5.41, 5.74) is 3.13. The quantitative estimate of drug-likeness (QED) is 0.783. The van der Waals surface area contributed by atoms with Crippen LogP contribution >= 0.6 is 0 Å². The zero-order chi connectivity index (χ0) is 13.4. The van der Waals surface area contributed by atoms with E-state index in [2.05, 4.69) is 13.0 Å². The highest BCUT2D eigenvalue weighted by atomic mass is 16.5. The van der Waals surface area contributed by atoms with Gasteiger partial charge < -0.3 is 14.2 Å². The molecule has 1 aliphatic heterocycles. The monoisotopic (exact) mass is 258 g/mol. The van der Waals surface area contributed by atoms with Crippen molar-refractivity contribution in [2.45, 2.75) is 6.92 Å². The maximum atomic E-state index is 12.6. The van der Waals surface area contributed by atoms with Gasteiger partial charge in [0.15, 0.2) is 0 Å². The predicted molar refractivity (Wildman–Crippen MR) is 74.4 cm³/mol. The number of carbonyl (C=O) groups excluding carboxylic acids is 1. The topological polar surface area (TPSA) is 34.5 Å². The lowest BCUT2D eigenvalue weighted by Gasteiger charge is -2.26. The Kier molecular flexibility index (Phi) is 3.03. The minimum Gasteiger partial charge on any atom is -0.378 e. The molecule has 0 spiro atoms. The van der Waals surface area contributed by atoms with Crippen molar-refractivity contribution >= 4 is 16.8 Å². The largest absolute Gasteiger partial charge is 0.378 e. The Morgan fingerprint density at radius 1 is 1.26 bits per heavy atom. The van der Waals surface area contributed by atoms with Crippen LogP contribution in [0.2, 0.25) is 0 Å². The van der Waals surface area contributed by atoms with Crippen LogP contribution in [0.4, 0.5) is 0 Å². The minimum absolute atomic E-state index is 0.111. The number of hydrogen-bond donors (Lipinski definition) is 0. The number of rotatable bonds is 1. The van der Waals surface area contributed by atoms with Gasteiger partial charge in [0.2, 0.25) is 0 Å². The molecule has 3 rings (SSSR count). The van der Waals surface area contributed by atoms with Crippen molar-refractivity contribution in [1.29, 1.82) is 0 Å². The van der Waals surface area contributed by atoms with Crippen LogP contribution in [0.5, 0.6) is 0 Å². The molecule has 1 saturated heterocycles. The average Bonchev–Trinajstić information content (AvgIpc) is 2.78. The molecule has 1 aromatic heterocycles. The van der Waals surface area contributed by atoms with Gasteiger partial charge in [-0.25, -0.2) is 0 Å². The molecule has 0 unspecified atom stereocenters. The fourth-order valence-corrected chi connectivity index (χ4v) is 2.78. The van der Waals surface area contributed by atoms with Gasteiger partial charge in [-0.15, -0.1) is 0 Å². The molecule has 0 radical (unpaired) electrons. The number of morpholine rings is 1. The lowest BCUT2D eigenvalue weighted by Crippen LogP contribution is -2.40. The van der Waals surface area contributed by atoms with Crippen LogP contribution in [0.3, 0.4) is 0 Å². The predicted octanol–water partition coefficient (Wildman–Crippen LogP) is 1.96. The van der Waals surface area contributed by atoms with E-state index in [4.69, 9.17) is 4.74 Å². The molecule has 2 heterocycles. The van der Waals surface area contributed by atoms with E-state index in [1.807, 2.05) is 34.8 Å². The van der Waals surface area contributed by atoms with E-state index in [-0.39, 0.29) is 5.91 Å². The van der Waals surface area contributed by atoms with Gasteiger partial charge in [-0.3, -0.25) is 4.79 Å². The van der Waals surface area contributed by atoms with E-state index in [0.29, 0.717) is 26.3 Å². The first-order valence-electron chi connectivity index (χ1n) is 6.60. The summed E-state index contributed by atoms with van der Waals surface area (Å²) in [6.07, 6.45) is 1.94. The van der Waals surface area contributed by atoms with Crippen LogP contribution in [0, 0.1) is 6.92 Å². The molecule has 1 fully saturated rings. The molecule has 2 aromatic rings. The first-order valence-corrected chi connectivity index (χ1v) is 6.60. The summed E-state index contributed by atoms with van der Waals surface area (Å²) in [5.74, 6) is 0.111. The number of benzene rings is 1. The maximum absolute atomic E-state index is 12.6. The third-order valence-corrected chi connectivity index (χ3v) is 3.73. The standard InChI is InChI=1S/C15H18N2O2/c1-11-4-3-5-12-13(10-16(2)14(11)12)15(18)17-6-8-19-9-7-17/h3-5,10H,6-9H2,1-2H3. The Hall–Kier alpha value is -1.81. The van der Waals surface area contributed by atoms with Crippen LogP contribution in [-0.2, 0) is 11.8 Å². The van der Waals surface area contributed by atoms with Gasteiger partial charge in [0.1, 0.15) is 0 Å². The number of ether oxygens (including phenoxy) is 1. The summed E-state index contributed by atoms with van der Waals surface area (Å²) in [6, 6.07) is 6.11. The molecular formula is C15H18N2O2. The number of aromatic nitrogens is 1. The fraction of sp³-hybridized carbons (Fsp3) is 0.400. The molecular weight excluding hydrogens is 240 g/mol. The Labute approximate surface area is 112 Å². The van der Waals surface area contributed by atoms with Gasteiger partial charge in [0, 0.05) is 31.7 Å². The van der Waals surface area contributed by atoms with Crippen molar-refractivity contribution in [3.05, 3.63) is 35.5 Å². The molecule has 1 aliphatic rings. The Balaban J connectivity index is 2.05. The van der Waals surface area contributed by atoms with Crippen LogP contribution in [-0.4, -0.2) is 41.7 Å². The summed E-state index contributed by atoms with van der Waals surface area (Å²) >= 11 is 0. The SMILES string of the molecule is Cc1cccc2c(C(=O)N3CCOCC3)cn(C)c12. The van der Waals surface area contributed by atoms with Gasteiger partial charge in [-0.2, -0.15) is 0 Å². The third kappa shape index (κ3) is 2.02. The van der Waals surface area contributed by atoms with Gasteiger partial charge >= 0.3 is 0 Å². The lowest BCUT2D eigenvalue weighted by atomic mass is 10.1. The number of carbonyl (C=O) groups is 1. The van der Waals surface area contributed by atoms with Gasteiger partial charge in [0.25, 0.3) is 5.91 Å². The summed E-state index contributed by atoms with van der Waals surface area (Å²) in [4.78, 5) is 14.5. The number of fused-ring (bicyclic) bond motifs is 1. The Bertz CT molecular complexity index is 624. The number of nitrogens with zero attached hydrogens (tertiary/aromatic N) is 2. The molecule has 0 atom stereocenters. The molecule has 0 aliphatic carbocycles. The summed E-state index contributed by atoms with van der Waals surface area (Å²) in [5, 5.41) is 1.04.